The predicted molar refractivity (Wildman–Crippen MR) is 145 cm³/mol. The first-order valence-electron chi connectivity index (χ1n) is 11.0. The van der Waals surface area contributed by atoms with E-state index in [1.807, 2.05) is 41.5 Å². The number of nitrogens with zero attached hydrogens (tertiary/aromatic N) is 5. The summed E-state index contributed by atoms with van der Waals surface area (Å²) >= 11 is 9.91. The largest absolute Gasteiger partial charge is 0.410 e. The van der Waals surface area contributed by atoms with Gasteiger partial charge in [0.05, 0.1) is 5.69 Å². The molecule has 196 valence electrons. The Kier molecular flexibility index (Phi) is 7.34. The molecular weight excluding hydrogens is 572 g/mol. The normalized spacial score (nSPS) is 19.2. The van der Waals surface area contributed by atoms with Crippen molar-refractivity contribution in [2.45, 2.75) is 18.0 Å². The maximum atomic E-state index is 13.0. The molecule has 38 heavy (non-hydrogen) atoms. The van der Waals surface area contributed by atoms with Crippen LogP contribution < -0.4 is 20.9 Å². The highest BCUT2D eigenvalue weighted by molar-refractivity contribution is 8.00. The van der Waals surface area contributed by atoms with Crippen LogP contribution in [0.1, 0.15) is 5.69 Å². The molecule has 0 aliphatic carbocycles. The van der Waals surface area contributed by atoms with E-state index in [1.165, 1.54) is 33.4 Å². The number of carbonyl (C=O) groups excluding carboxylic acids is 3. The van der Waals surface area contributed by atoms with Crippen molar-refractivity contribution in [3.63, 3.8) is 0 Å². The molecule has 0 unspecified atom stereocenters. The Balaban J connectivity index is 1.31. The molecule has 2 atom stereocenters. The standard InChI is InChI=1S/C22H19ClN8O4S3/c1-25-22-27-12(8-38-22)10-2-4-30(5-3-10)6-11-7-36-20-15(19(34)31(20)16(11)17(23)32)28-18(33)14(29-35)13-9-37-21(24)26-13/h2-5,8-9,15,20H,6-7H2,1H3,(H4-,24,25,26,27,28,33,35)/p+1/t15-,20+/m1/s1. The molecule has 2 amide bonds. The average molecular weight is 592 g/mol. The molecule has 0 aromatic carbocycles. The van der Waals surface area contributed by atoms with Crippen molar-refractivity contribution >= 4 is 79.1 Å². The molecule has 0 radical (unpaired) electrons. The number of rotatable bonds is 8. The second kappa shape index (κ2) is 10.7. The smallest absolute Gasteiger partial charge is 0.276 e. The van der Waals surface area contributed by atoms with Crippen molar-refractivity contribution < 1.29 is 24.2 Å². The number of thiazole rings is 2. The third-order valence-electron chi connectivity index (χ3n) is 5.88. The predicted octanol–water partition coefficient (Wildman–Crippen LogP) is 1.48. The van der Waals surface area contributed by atoms with Gasteiger partial charge in [-0.25, -0.2) is 14.5 Å². The van der Waals surface area contributed by atoms with Gasteiger partial charge in [-0.05, 0) is 11.6 Å². The first kappa shape index (κ1) is 26.1. The summed E-state index contributed by atoms with van der Waals surface area (Å²) in [6, 6.07) is 2.92. The number of halogens is 1. The van der Waals surface area contributed by atoms with E-state index < -0.39 is 28.5 Å². The molecule has 0 bridgehead atoms. The van der Waals surface area contributed by atoms with Crippen LogP contribution in [-0.4, -0.2) is 67.1 Å². The molecule has 3 aromatic heterocycles. The van der Waals surface area contributed by atoms with Crippen LogP contribution in [0.2, 0.25) is 0 Å². The lowest BCUT2D eigenvalue weighted by atomic mass is 10.0. The number of hydrogen-bond donors (Lipinski definition) is 4. The van der Waals surface area contributed by atoms with E-state index in [-0.39, 0.29) is 22.2 Å². The highest BCUT2D eigenvalue weighted by Crippen LogP contribution is 2.41. The number of oxime groups is 1. The maximum absolute atomic E-state index is 13.0. The van der Waals surface area contributed by atoms with Crippen molar-refractivity contribution in [1.29, 1.82) is 0 Å². The van der Waals surface area contributed by atoms with Gasteiger partial charge in [-0.15, -0.1) is 34.4 Å². The molecule has 16 heteroatoms. The minimum Gasteiger partial charge on any atom is -0.410 e. The number of nitrogens with one attached hydrogen (secondary N) is 2. The SMILES string of the molecule is CNc1nc(-c2cc[n+](CC3=C(C(=O)Cl)N4C(=O)[C@@H](NC(=O)C(=NO)c5csc(N)n5)[C@@H]4SC3)cc2)cs1. The number of aromatic nitrogens is 3. The lowest BCUT2D eigenvalue weighted by Gasteiger charge is -2.49. The van der Waals surface area contributed by atoms with Crippen LogP contribution in [0.15, 0.2) is 51.7 Å². The van der Waals surface area contributed by atoms with Crippen molar-refractivity contribution in [2.24, 2.45) is 5.16 Å². The van der Waals surface area contributed by atoms with Gasteiger partial charge in [-0.1, -0.05) is 5.16 Å². The van der Waals surface area contributed by atoms with Gasteiger partial charge in [0.1, 0.15) is 22.8 Å². The van der Waals surface area contributed by atoms with Crippen LogP contribution >= 0.6 is 46.0 Å². The van der Waals surface area contributed by atoms with Crippen molar-refractivity contribution in [3.8, 4) is 11.3 Å². The fourth-order valence-corrected chi connectivity index (χ4v) is 6.87. The van der Waals surface area contributed by atoms with Crippen LogP contribution in [0, 0.1) is 0 Å². The zero-order chi connectivity index (χ0) is 27.0. The van der Waals surface area contributed by atoms with Crippen LogP contribution in [-0.2, 0) is 20.9 Å². The summed E-state index contributed by atoms with van der Waals surface area (Å²) in [5, 5.41) is 21.1. The van der Waals surface area contributed by atoms with Gasteiger partial charge in [0.15, 0.2) is 34.9 Å². The molecule has 0 saturated carbocycles. The fourth-order valence-electron chi connectivity index (χ4n) is 4.08. The zero-order valence-electron chi connectivity index (χ0n) is 19.6. The van der Waals surface area contributed by atoms with Gasteiger partial charge in [-0.3, -0.25) is 19.3 Å². The van der Waals surface area contributed by atoms with Gasteiger partial charge < -0.3 is 21.6 Å². The van der Waals surface area contributed by atoms with E-state index in [0.717, 1.165) is 27.7 Å². The summed E-state index contributed by atoms with van der Waals surface area (Å²) in [6.07, 6.45) is 3.74. The average Bonchev–Trinajstić information content (AvgIpc) is 3.57. The van der Waals surface area contributed by atoms with E-state index in [2.05, 4.69) is 25.8 Å². The van der Waals surface area contributed by atoms with Gasteiger partial charge in [0.2, 0.25) is 0 Å². The van der Waals surface area contributed by atoms with Crippen molar-refractivity contribution in [1.82, 2.24) is 20.2 Å². The zero-order valence-corrected chi connectivity index (χ0v) is 22.8. The lowest BCUT2D eigenvalue weighted by molar-refractivity contribution is -0.689. The number of carbonyl (C=O) groups is 3. The summed E-state index contributed by atoms with van der Waals surface area (Å²) in [6.45, 7) is 0.347. The summed E-state index contributed by atoms with van der Waals surface area (Å²) < 4.78 is 1.89. The Bertz CT molecular complexity index is 1490. The number of nitrogen functional groups attached to an aromatic ring is 1. The van der Waals surface area contributed by atoms with Crippen LogP contribution in [0.25, 0.3) is 11.3 Å². The molecule has 12 nitrogen and oxygen atoms in total. The van der Waals surface area contributed by atoms with E-state index >= 15 is 0 Å². The molecule has 5 heterocycles. The van der Waals surface area contributed by atoms with E-state index in [0.29, 0.717) is 17.9 Å². The van der Waals surface area contributed by atoms with E-state index in [4.69, 9.17) is 17.3 Å². The minimum absolute atomic E-state index is 0.0894. The fraction of sp³-hybridized carbons (Fsp3) is 0.227. The summed E-state index contributed by atoms with van der Waals surface area (Å²) in [4.78, 5) is 47.9. The number of thioether (sulfide) groups is 1. The lowest BCUT2D eigenvalue weighted by Crippen LogP contribution is -2.71. The Morgan fingerprint density at radius 2 is 2.05 bits per heavy atom. The van der Waals surface area contributed by atoms with E-state index in [1.54, 1.807) is 0 Å². The molecule has 2 aliphatic rings. The van der Waals surface area contributed by atoms with Crippen molar-refractivity contribution in [3.05, 3.63) is 52.3 Å². The molecule has 2 aliphatic heterocycles. The number of nitrogens with two attached hydrogens (primary N) is 1. The Morgan fingerprint density at radius 1 is 1.29 bits per heavy atom. The number of hydrogen-bond acceptors (Lipinski definition) is 12. The summed E-state index contributed by atoms with van der Waals surface area (Å²) in [7, 11) is 1.82. The number of anilines is 2. The third-order valence-corrected chi connectivity index (χ3v) is 8.93. The molecule has 5 rings (SSSR count). The molecular formula is C22H20ClN8O4S3+. The topological polar surface area (TPSA) is 167 Å². The quantitative estimate of drug-likeness (QED) is 0.0757. The van der Waals surface area contributed by atoms with Crippen LogP contribution in [0.5, 0.6) is 0 Å². The van der Waals surface area contributed by atoms with Crippen molar-refractivity contribution in [2.75, 3.05) is 23.9 Å². The van der Waals surface area contributed by atoms with Gasteiger partial charge in [-0.2, -0.15) is 0 Å². The van der Waals surface area contributed by atoms with Crippen LogP contribution in [0.3, 0.4) is 0 Å². The third kappa shape index (κ3) is 4.84. The van der Waals surface area contributed by atoms with E-state index in [9.17, 15) is 19.6 Å². The highest BCUT2D eigenvalue weighted by Gasteiger charge is 2.54. The number of amides is 2. The Morgan fingerprint density at radius 3 is 2.66 bits per heavy atom. The number of pyridine rings is 1. The Labute approximate surface area is 233 Å². The minimum atomic E-state index is -0.930. The molecule has 1 fully saturated rings. The molecule has 1 saturated heterocycles. The first-order chi connectivity index (χ1) is 18.3. The second-order valence-electron chi connectivity index (χ2n) is 8.15. The maximum Gasteiger partial charge on any atom is 0.276 e. The Hall–Kier alpha value is -3.53. The van der Waals surface area contributed by atoms with Crippen LogP contribution in [0.4, 0.5) is 10.3 Å². The second-order valence-corrected chi connectivity index (χ2v) is 11.3. The molecule has 0 spiro atoms. The number of allylic oxidation sites excluding steroid dienone is 1. The number of fused-ring (bicyclic) bond motifs is 1. The first-order valence-corrected chi connectivity index (χ1v) is 14.2. The summed E-state index contributed by atoms with van der Waals surface area (Å²) in [5.41, 5.74) is 7.91. The highest BCUT2D eigenvalue weighted by atomic mass is 35.5. The molecule has 5 N–H and O–H groups in total. The van der Waals surface area contributed by atoms with Gasteiger partial charge in [0, 0.05) is 46.8 Å². The summed E-state index contributed by atoms with van der Waals surface area (Å²) in [5.74, 6) is -0.858. The monoisotopic (exact) mass is 591 g/mol. The number of β-lactam (4-membered cyclic amide) rings is 1. The van der Waals surface area contributed by atoms with Gasteiger partial charge in [0.25, 0.3) is 17.1 Å². The van der Waals surface area contributed by atoms with Gasteiger partial charge >= 0.3 is 0 Å². The molecule has 3 aromatic rings.